The van der Waals surface area contributed by atoms with E-state index < -0.39 is 4.92 Å². The van der Waals surface area contributed by atoms with Crippen LogP contribution in [0.4, 0.5) is 5.69 Å². The second-order valence-corrected chi connectivity index (χ2v) is 6.26. The highest BCUT2D eigenvalue weighted by molar-refractivity contribution is 7.13. The molecule has 1 aromatic heterocycles. The Bertz CT molecular complexity index is 729. The van der Waals surface area contributed by atoms with E-state index in [-0.39, 0.29) is 30.0 Å². The maximum Gasteiger partial charge on any atom is 0.273 e. The van der Waals surface area contributed by atoms with Crippen molar-refractivity contribution < 1.29 is 9.72 Å². The molecule has 1 N–H and O–H groups in total. The van der Waals surface area contributed by atoms with E-state index in [2.05, 4.69) is 10.3 Å². The van der Waals surface area contributed by atoms with Gasteiger partial charge in [-0.15, -0.1) is 23.7 Å². The van der Waals surface area contributed by atoms with Gasteiger partial charge in [0.25, 0.3) is 11.6 Å². The molecule has 1 atom stereocenters. The fourth-order valence-corrected chi connectivity index (χ4v) is 3.35. The van der Waals surface area contributed by atoms with Gasteiger partial charge < -0.3 is 10.2 Å². The van der Waals surface area contributed by atoms with E-state index >= 15 is 0 Å². The number of carbonyl (C=O) groups excluding carboxylic acids is 1. The largest absolute Gasteiger partial charge is 0.336 e. The molecule has 2 heterocycles. The standard InChI is InChI=1S/C15H16N4O3S.ClH/c1-18(12-6-7-16-8-12)15(20)13-9-23-14(17-13)10-2-4-11(5-3-10)19(21)22;/h2-5,9,12,16H,6-8H2,1H3;1H. The number of halogens is 1. The maximum atomic E-state index is 12.5. The number of aromatic nitrogens is 1. The third-order valence-electron chi connectivity index (χ3n) is 3.95. The van der Waals surface area contributed by atoms with Crippen molar-refractivity contribution in [2.45, 2.75) is 12.5 Å². The molecule has 1 amide bonds. The Balaban J connectivity index is 0.00000208. The van der Waals surface area contributed by atoms with E-state index in [1.165, 1.54) is 23.5 Å². The van der Waals surface area contributed by atoms with Gasteiger partial charge in [0, 0.05) is 42.7 Å². The molecular formula is C15H17ClN4O3S. The van der Waals surface area contributed by atoms with Crippen molar-refractivity contribution >= 4 is 35.3 Å². The lowest BCUT2D eigenvalue weighted by Gasteiger charge is -2.22. The fourth-order valence-electron chi connectivity index (χ4n) is 2.55. The van der Waals surface area contributed by atoms with E-state index in [4.69, 9.17) is 0 Å². The summed E-state index contributed by atoms with van der Waals surface area (Å²) in [5.74, 6) is -0.0943. The summed E-state index contributed by atoms with van der Waals surface area (Å²) >= 11 is 1.36. The molecular weight excluding hydrogens is 352 g/mol. The number of hydrogen-bond acceptors (Lipinski definition) is 6. The molecule has 0 bridgehead atoms. The average Bonchev–Trinajstić information content (AvgIpc) is 3.25. The van der Waals surface area contributed by atoms with Gasteiger partial charge in [-0.05, 0) is 25.1 Å². The van der Waals surface area contributed by atoms with Gasteiger partial charge in [0.05, 0.1) is 4.92 Å². The number of nitrogens with zero attached hydrogens (tertiary/aromatic N) is 3. The first kappa shape index (κ1) is 18.3. The van der Waals surface area contributed by atoms with Crippen LogP contribution in [0.25, 0.3) is 10.6 Å². The number of amides is 1. The van der Waals surface area contributed by atoms with Gasteiger partial charge >= 0.3 is 0 Å². The number of likely N-dealkylation sites (N-methyl/N-ethyl adjacent to an activating group) is 1. The Labute approximate surface area is 149 Å². The second-order valence-electron chi connectivity index (χ2n) is 5.40. The zero-order valence-corrected chi connectivity index (χ0v) is 14.6. The van der Waals surface area contributed by atoms with Gasteiger partial charge in [0.15, 0.2) is 0 Å². The first-order chi connectivity index (χ1) is 11.1. The molecule has 1 fully saturated rings. The summed E-state index contributed by atoms with van der Waals surface area (Å²) in [6.45, 7) is 1.73. The van der Waals surface area contributed by atoms with Crippen molar-refractivity contribution in [3.05, 3.63) is 45.5 Å². The van der Waals surface area contributed by atoms with Crippen molar-refractivity contribution in [2.24, 2.45) is 0 Å². The number of nitrogens with one attached hydrogen (secondary N) is 1. The molecule has 0 saturated carbocycles. The van der Waals surface area contributed by atoms with E-state index in [0.717, 1.165) is 25.1 Å². The SMILES string of the molecule is CN(C(=O)c1csc(-c2ccc([N+](=O)[O-])cc2)n1)C1CCNC1.Cl. The average molecular weight is 369 g/mol. The van der Waals surface area contributed by atoms with Crippen molar-refractivity contribution in [2.75, 3.05) is 20.1 Å². The molecule has 128 valence electrons. The number of rotatable bonds is 4. The van der Waals surface area contributed by atoms with Crippen molar-refractivity contribution in [3.63, 3.8) is 0 Å². The van der Waals surface area contributed by atoms with Gasteiger partial charge in [0.2, 0.25) is 0 Å². The van der Waals surface area contributed by atoms with Crippen LogP contribution in [0.2, 0.25) is 0 Å². The number of nitro groups is 1. The highest BCUT2D eigenvalue weighted by Crippen LogP contribution is 2.26. The molecule has 1 aromatic carbocycles. The number of nitro benzene ring substituents is 1. The lowest BCUT2D eigenvalue weighted by atomic mass is 10.2. The number of carbonyl (C=O) groups is 1. The highest BCUT2D eigenvalue weighted by Gasteiger charge is 2.25. The summed E-state index contributed by atoms with van der Waals surface area (Å²) in [5.41, 5.74) is 1.22. The summed E-state index contributed by atoms with van der Waals surface area (Å²) in [6.07, 6.45) is 0.946. The number of thiazole rings is 1. The predicted molar refractivity (Wildman–Crippen MR) is 94.8 cm³/mol. The van der Waals surface area contributed by atoms with E-state index in [9.17, 15) is 14.9 Å². The van der Waals surface area contributed by atoms with Gasteiger partial charge in [-0.2, -0.15) is 0 Å². The summed E-state index contributed by atoms with van der Waals surface area (Å²) in [7, 11) is 1.80. The molecule has 2 aromatic rings. The van der Waals surface area contributed by atoms with Crippen LogP contribution in [0.3, 0.4) is 0 Å². The monoisotopic (exact) mass is 368 g/mol. The van der Waals surface area contributed by atoms with Crippen LogP contribution in [0, 0.1) is 10.1 Å². The van der Waals surface area contributed by atoms with E-state index in [1.807, 2.05) is 0 Å². The minimum absolute atomic E-state index is 0. The number of non-ortho nitro benzene ring substituents is 1. The minimum atomic E-state index is -0.439. The number of hydrogen-bond donors (Lipinski definition) is 1. The predicted octanol–water partition coefficient (Wildman–Crippen LogP) is 2.57. The zero-order chi connectivity index (χ0) is 16.4. The fraction of sp³-hybridized carbons (Fsp3) is 0.333. The topological polar surface area (TPSA) is 88.4 Å². The summed E-state index contributed by atoms with van der Waals surface area (Å²) in [4.78, 5) is 28.8. The molecule has 3 rings (SSSR count). The molecule has 1 saturated heterocycles. The molecule has 9 heteroatoms. The lowest BCUT2D eigenvalue weighted by molar-refractivity contribution is -0.384. The molecule has 1 unspecified atom stereocenters. The van der Waals surface area contributed by atoms with E-state index in [0.29, 0.717) is 10.7 Å². The van der Waals surface area contributed by atoms with Gasteiger partial charge in [-0.3, -0.25) is 14.9 Å². The van der Waals surface area contributed by atoms with Crippen LogP contribution in [-0.2, 0) is 0 Å². The molecule has 0 aliphatic carbocycles. The summed E-state index contributed by atoms with van der Waals surface area (Å²) in [6, 6.07) is 6.38. The van der Waals surface area contributed by atoms with Gasteiger partial charge in [-0.1, -0.05) is 0 Å². The lowest BCUT2D eigenvalue weighted by Crippen LogP contribution is -2.38. The highest BCUT2D eigenvalue weighted by atomic mass is 35.5. The summed E-state index contributed by atoms with van der Waals surface area (Å²) < 4.78 is 0. The van der Waals surface area contributed by atoms with Crippen LogP contribution < -0.4 is 5.32 Å². The summed E-state index contributed by atoms with van der Waals surface area (Å²) in [5, 5.41) is 16.3. The Morgan fingerprint density at radius 1 is 1.42 bits per heavy atom. The first-order valence-corrected chi connectivity index (χ1v) is 8.12. The molecule has 24 heavy (non-hydrogen) atoms. The Morgan fingerprint density at radius 3 is 2.71 bits per heavy atom. The maximum absolute atomic E-state index is 12.5. The van der Waals surface area contributed by atoms with Gasteiger partial charge in [-0.25, -0.2) is 4.98 Å². The Kier molecular flexibility index (Phi) is 5.87. The van der Waals surface area contributed by atoms with Crippen LogP contribution in [0.1, 0.15) is 16.9 Å². The van der Waals surface area contributed by atoms with E-state index in [1.54, 1.807) is 29.5 Å². The third-order valence-corrected chi connectivity index (χ3v) is 4.84. The van der Waals surface area contributed by atoms with Crippen LogP contribution in [0.15, 0.2) is 29.6 Å². The molecule has 7 nitrogen and oxygen atoms in total. The zero-order valence-electron chi connectivity index (χ0n) is 13.0. The molecule has 0 spiro atoms. The van der Waals surface area contributed by atoms with Gasteiger partial charge in [0.1, 0.15) is 10.7 Å². The third kappa shape index (κ3) is 3.72. The van der Waals surface area contributed by atoms with Crippen molar-refractivity contribution in [1.82, 2.24) is 15.2 Å². The number of benzene rings is 1. The van der Waals surface area contributed by atoms with Crippen molar-refractivity contribution in [1.29, 1.82) is 0 Å². The van der Waals surface area contributed by atoms with Crippen LogP contribution >= 0.6 is 23.7 Å². The first-order valence-electron chi connectivity index (χ1n) is 7.24. The molecule has 1 aliphatic heterocycles. The van der Waals surface area contributed by atoms with Crippen molar-refractivity contribution in [3.8, 4) is 10.6 Å². The quantitative estimate of drug-likeness (QED) is 0.661. The smallest absolute Gasteiger partial charge is 0.273 e. The minimum Gasteiger partial charge on any atom is -0.336 e. The normalized spacial score (nSPS) is 16.5. The second kappa shape index (κ2) is 7.69. The van der Waals surface area contributed by atoms with Crippen LogP contribution in [-0.4, -0.2) is 46.9 Å². The molecule has 1 aliphatic rings. The molecule has 0 radical (unpaired) electrons. The Morgan fingerprint density at radius 2 is 2.12 bits per heavy atom. The van der Waals surface area contributed by atoms with Crippen LogP contribution in [0.5, 0.6) is 0 Å². The Hall–Kier alpha value is -2.03.